The van der Waals surface area contributed by atoms with Gasteiger partial charge in [-0.05, 0) is 36.4 Å². The molecule has 1 unspecified atom stereocenters. The molecule has 1 aliphatic rings. The second kappa shape index (κ2) is 7.42. The number of rotatable bonds is 4. The fourth-order valence-electron chi connectivity index (χ4n) is 3.93. The molecule has 158 valence electrons. The molecule has 1 atom stereocenters. The van der Waals surface area contributed by atoms with Crippen molar-refractivity contribution in [2.45, 2.75) is 31.4 Å². The van der Waals surface area contributed by atoms with E-state index >= 15 is 4.39 Å². The number of thioether (sulfide) groups is 1. The number of anilines is 4. The molecule has 1 aliphatic heterocycles. The number of nitrogen functional groups attached to an aromatic ring is 2. The number of nitrogens with one attached hydrogen (secondary N) is 1. The zero-order valence-electron chi connectivity index (χ0n) is 17.2. The van der Waals surface area contributed by atoms with Crippen LogP contribution in [0.3, 0.4) is 0 Å². The van der Waals surface area contributed by atoms with Crippen LogP contribution in [0.1, 0.15) is 29.9 Å². The Balaban J connectivity index is 1.55. The van der Waals surface area contributed by atoms with Gasteiger partial charge >= 0.3 is 0 Å². The lowest BCUT2D eigenvalue weighted by atomic mass is 9.97. The molecule has 4 aromatic rings. The van der Waals surface area contributed by atoms with Gasteiger partial charge in [0.15, 0.2) is 11.6 Å². The molecule has 31 heavy (non-hydrogen) atoms. The van der Waals surface area contributed by atoms with E-state index in [1.807, 2.05) is 29.4 Å². The van der Waals surface area contributed by atoms with Crippen molar-refractivity contribution in [3.8, 4) is 11.1 Å². The minimum Gasteiger partial charge on any atom is -0.397 e. The lowest BCUT2D eigenvalue weighted by Gasteiger charge is -2.13. The first-order chi connectivity index (χ1) is 15.0. The van der Waals surface area contributed by atoms with Gasteiger partial charge in [-0.2, -0.15) is 5.10 Å². The number of hydrogen-bond donors (Lipinski definition) is 3. The van der Waals surface area contributed by atoms with Crippen LogP contribution in [-0.2, 0) is 5.88 Å². The summed E-state index contributed by atoms with van der Waals surface area (Å²) in [7, 11) is 0. The Morgan fingerprint density at radius 3 is 2.81 bits per heavy atom. The van der Waals surface area contributed by atoms with Crippen molar-refractivity contribution >= 4 is 45.5 Å². The van der Waals surface area contributed by atoms with E-state index < -0.39 is 5.82 Å². The van der Waals surface area contributed by atoms with E-state index in [0.717, 1.165) is 29.1 Å². The molecule has 0 spiro atoms. The van der Waals surface area contributed by atoms with Gasteiger partial charge in [-0.25, -0.2) is 9.37 Å². The third-order valence-electron chi connectivity index (χ3n) is 5.71. The number of pyridine rings is 2. The van der Waals surface area contributed by atoms with E-state index in [1.54, 1.807) is 24.7 Å². The van der Waals surface area contributed by atoms with Gasteiger partial charge < -0.3 is 16.8 Å². The van der Waals surface area contributed by atoms with Crippen molar-refractivity contribution in [2.24, 2.45) is 0 Å². The molecular formula is C22H22FN7S. The molecule has 0 fully saturated rings. The molecule has 3 aromatic heterocycles. The maximum absolute atomic E-state index is 15.1. The summed E-state index contributed by atoms with van der Waals surface area (Å²) in [5, 5.41) is 9.67. The van der Waals surface area contributed by atoms with E-state index in [0.29, 0.717) is 33.3 Å². The largest absolute Gasteiger partial charge is 0.397 e. The maximum atomic E-state index is 15.1. The van der Waals surface area contributed by atoms with Crippen molar-refractivity contribution in [1.29, 1.82) is 0 Å². The van der Waals surface area contributed by atoms with Crippen LogP contribution >= 0.6 is 11.8 Å². The number of benzene rings is 1. The zero-order chi connectivity index (χ0) is 21.7. The highest BCUT2D eigenvalue weighted by Crippen LogP contribution is 2.41. The first-order valence-corrected chi connectivity index (χ1v) is 11.1. The minimum atomic E-state index is -0.501. The maximum Gasteiger partial charge on any atom is 0.154 e. The van der Waals surface area contributed by atoms with Gasteiger partial charge in [0.1, 0.15) is 5.82 Å². The summed E-state index contributed by atoms with van der Waals surface area (Å²) in [6.07, 6.45) is 5.80. The number of nitrogens with zero attached hydrogens (tertiary/aromatic N) is 4. The van der Waals surface area contributed by atoms with Crippen LogP contribution in [0.2, 0.25) is 0 Å². The topological polar surface area (TPSA) is 108 Å². The van der Waals surface area contributed by atoms with Crippen molar-refractivity contribution < 1.29 is 4.39 Å². The van der Waals surface area contributed by atoms with Crippen LogP contribution < -0.4 is 16.8 Å². The molecule has 9 heteroatoms. The van der Waals surface area contributed by atoms with E-state index in [4.69, 9.17) is 11.5 Å². The number of nitrogens with two attached hydrogens (primary N) is 2. The Bertz CT molecular complexity index is 1320. The van der Waals surface area contributed by atoms with Gasteiger partial charge in [0, 0.05) is 40.2 Å². The third-order valence-corrected chi connectivity index (χ3v) is 7.08. The van der Waals surface area contributed by atoms with Crippen molar-refractivity contribution in [3.63, 3.8) is 0 Å². The fourth-order valence-corrected chi connectivity index (χ4v) is 5.06. The molecule has 0 aliphatic carbocycles. The van der Waals surface area contributed by atoms with E-state index in [-0.39, 0.29) is 5.69 Å². The highest BCUT2D eigenvalue weighted by molar-refractivity contribution is 7.98. The molecule has 0 saturated heterocycles. The van der Waals surface area contributed by atoms with Gasteiger partial charge in [0.25, 0.3) is 0 Å². The second-order valence-corrected chi connectivity index (χ2v) is 8.78. The Morgan fingerprint density at radius 2 is 2.00 bits per heavy atom. The van der Waals surface area contributed by atoms with Crippen LogP contribution in [0.4, 0.5) is 27.4 Å². The monoisotopic (exact) mass is 435 g/mol. The fraction of sp³-hybridized carbons (Fsp3) is 0.227. The Morgan fingerprint density at radius 1 is 1.16 bits per heavy atom. The predicted molar refractivity (Wildman–Crippen MR) is 125 cm³/mol. The van der Waals surface area contributed by atoms with E-state index in [9.17, 15) is 0 Å². The lowest BCUT2D eigenvalue weighted by Crippen LogP contribution is -2.01. The third kappa shape index (κ3) is 3.25. The first-order valence-electron chi connectivity index (χ1n) is 10.0. The quantitative estimate of drug-likeness (QED) is 0.387. The van der Waals surface area contributed by atoms with E-state index in [2.05, 4.69) is 33.4 Å². The van der Waals surface area contributed by atoms with Crippen LogP contribution in [0, 0.1) is 12.7 Å². The smallest absolute Gasteiger partial charge is 0.154 e. The summed E-state index contributed by atoms with van der Waals surface area (Å²) in [5.74, 6) is 1.71. The molecule has 0 radical (unpaired) electrons. The first kappa shape index (κ1) is 19.6. The Kier molecular flexibility index (Phi) is 4.70. The van der Waals surface area contributed by atoms with Gasteiger partial charge in [-0.3, -0.25) is 9.67 Å². The summed E-state index contributed by atoms with van der Waals surface area (Å²) in [5.41, 5.74) is 15.6. The van der Waals surface area contributed by atoms with Crippen LogP contribution in [-0.4, -0.2) is 19.7 Å². The molecular weight excluding hydrogens is 413 g/mol. The van der Waals surface area contributed by atoms with Gasteiger partial charge in [-0.15, -0.1) is 11.8 Å². The van der Waals surface area contributed by atoms with Crippen LogP contribution in [0.15, 0.2) is 36.8 Å². The number of aromatic nitrogens is 4. The average Bonchev–Trinajstić information content (AvgIpc) is 3.32. The average molecular weight is 436 g/mol. The van der Waals surface area contributed by atoms with Crippen molar-refractivity contribution in [2.75, 3.05) is 16.8 Å². The van der Waals surface area contributed by atoms with Crippen LogP contribution in [0.25, 0.3) is 21.9 Å². The van der Waals surface area contributed by atoms with Crippen molar-refractivity contribution in [3.05, 3.63) is 53.9 Å². The van der Waals surface area contributed by atoms with Crippen molar-refractivity contribution in [1.82, 2.24) is 19.7 Å². The standard InChI is InChI=1S/C22H22FN7S/c1-3-18-17-6-20(29-30(17)10-31-18)28-19-5-12-4-13(14-7-26-9-16(24)11(14)2)21(23)22(25)15(12)8-27-19/h4-9,18H,3,10,24-25H2,1-2H3,(H,27,28,29). The number of fused-ring (bicyclic) bond motifs is 2. The summed E-state index contributed by atoms with van der Waals surface area (Å²) >= 11 is 1.89. The molecule has 0 bridgehead atoms. The second-order valence-electron chi connectivity index (χ2n) is 7.62. The molecule has 0 saturated carbocycles. The van der Waals surface area contributed by atoms with Gasteiger partial charge in [0.05, 0.1) is 29.1 Å². The van der Waals surface area contributed by atoms with Gasteiger partial charge in [0.2, 0.25) is 0 Å². The molecule has 4 heterocycles. The zero-order valence-corrected chi connectivity index (χ0v) is 18.0. The highest BCUT2D eigenvalue weighted by Gasteiger charge is 2.24. The Labute approximate surface area is 183 Å². The Hall–Kier alpha value is -3.33. The highest BCUT2D eigenvalue weighted by atomic mass is 32.2. The summed E-state index contributed by atoms with van der Waals surface area (Å²) in [6, 6.07) is 5.67. The molecule has 7 nitrogen and oxygen atoms in total. The normalized spacial score (nSPS) is 15.4. The molecule has 5 rings (SSSR count). The molecule has 5 N–H and O–H groups in total. The number of halogens is 1. The lowest BCUT2D eigenvalue weighted by molar-refractivity contribution is 0.637. The summed E-state index contributed by atoms with van der Waals surface area (Å²) in [6.45, 7) is 4.02. The predicted octanol–water partition coefficient (Wildman–Crippen LogP) is 5.00. The van der Waals surface area contributed by atoms with E-state index in [1.165, 1.54) is 5.69 Å². The summed E-state index contributed by atoms with van der Waals surface area (Å²) in [4.78, 5) is 8.53. The summed E-state index contributed by atoms with van der Waals surface area (Å²) < 4.78 is 17.1. The molecule has 0 amide bonds. The molecule has 1 aromatic carbocycles. The minimum absolute atomic E-state index is 0.0529. The van der Waals surface area contributed by atoms with Gasteiger partial charge in [-0.1, -0.05) is 6.92 Å². The SMILES string of the molecule is CCC1SCn2nc(Nc3cc4cc(-c5cncc(N)c5C)c(F)c(N)c4cn3)cc21. The number of hydrogen-bond acceptors (Lipinski definition) is 7. The van der Waals surface area contributed by atoms with Crippen LogP contribution in [0.5, 0.6) is 0 Å².